The van der Waals surface area contributed by atoms with Gasteiger partial charge in [0.2, 0.25) is 0 Å². The van der Waals surface area contributed by atoms with Gasteiger partial charge in [-0.2, -0.15) is 5.26 Å². The lowest BCUT2D eigenvalue weighted by Crippen LogP contribution is -2.54. The summed E-state index contributed by atoms with van der Waals surface area (Å²) in [5.41, 5.74) is 9.58. The molecular formula is C26H30N4O3. The Morgan fingerprint density at radius 1 is 1.06 bits per heavy atom. The van der Waals surface area contributed by atoms with Gasteiger partial charge >= 0.3 is 0 Å². The number of fused-ring (bicyclic) bond motifs is 1. The second-order valence-corrected chi connectivity index (χ2v) is 9.35. The summed E-state index contributed by atoms with van der Waals surface area (Å²) in [5, 5.41) is 9.89. The second kappa shape index (κ2) is 8.27. The molecule has 2 N–H and O–H groups in total. The van der Waals surface area contributed by atoms with Gasteiger partial charge in [-0.3, -0.25) is 4.40 Å². The van der Waals surface area contributed by atoms with Crippen molar-refractivity contribution < 1.29 is 14.2 Å². The Balaban J connectivity index is 1.55. The summed E-state index contributed by atoms with van der Waals surface area (Å²) in [5.74, 6) is 1.62. The first-order chi connectivity index (χ1) is 16.0. The molecule has 0 bridgehead atoms. The number of aromatic nitrogens is 2. The Labute approximate surface area is 194 Å². The maximum Gasteiger partial charge on any atom is 0.199 e. The van der Waals surface area contributed by atoms with Gasteiger partial charge < -0.3 is 19.9 Å². The van der Waals surface area contributed by atoms with Crippen LogP contribution < -0.4 is 19.9 Å². The standard InChI is InChI=1S/C26H30N4O3/c1-31-21-13-18(20-16-29-23-7-5-8-24(32-2)30(20)23)14-22(19(21)15-27)33-17-26(28)12-6-11-25(26)9-3-4-10-25/h5,7-8,13-14,16H,3-4,6,9-12,17,28H2,1-2H3/t26-/m1/s1. The van der Waals surface area contributed by atoms with Crippen molar-refractivity contribution in [1.29, 1.82) is 5.26 Å². The number of hydrogen-bond acceptors (Lipinski definition) is 6. The molecular weight excluding hydrogens is 416 g/mol. The molecule has 0 unspecified atom stereocenters. The predicted molar refractivity (Wildman–Crippen MR) is 126 cm³/mol. The monoisotopic (exact) mass is 446 g/mol. The number of hydrogen-bond donors (Lipinski definition) is 1. The molecule has 2 fully saturated rings. The van der Waals surface area contributed by atoms with Crippen molar-refractivity contribution in [2.45, 2.75) is 50.5 Å². The quantitative estimate of drug-likeness (QED) is 0.589. The van der Waals surface area contributed by atoms with Gasteiger partial charge in [0.15, 0.2) is 5.88 Å². The van der Waals surface area contributed by atoms with Crippen LogP contribution in [0, 0.1) is 16.7 Å². The number of nitrogens with two attached hydrogens (primary N) is 1. The van der Waals surface area contributed by atoms with Crippen LogP contribution in [0.3, 0.4) is 0 Å². The summed E-state index contributed by atoms with van der Waals surface area (Å²) >= 11 is 0. The smallest absolute Gasteiger partial charge is 0.199 e. The number of rotatable bonds is 6. The van der Waals surface area contributed by atoms with Crippen molar-refractivity contribution in [3.8, 4) is 34.7 Å². The number of pyridine rings is 1. The van der Waals surface area contributed by atoms with Crippen LogP contribution in [-0.2, 0) is 0 Å². The molecule has 7 nitrogen and oxygen atoms in total. The van der Waals surface area contributed by atoms with Crippen molar-refractivity contribution >= 4 is 5.65 Å². The molecule has 2 aliphatic carbocycles. The number of nitrogens with zero attached hydrogens (tertiary/aromatic N) is 3. The molecule has 0 amide bonds. The van der Waals surface area contributed by atoms with E-state index in [-0.39, 0.29) is 11.0 Å². The van der Waals surface area contributed by atoms with Crippen LogP contribution in [0.2, 0.25) is 0 Å². The Morgan fingerprint density at radius 2 is 1.82 bits per heavy atom. The third-order valence-corrected chi connectivity index (χ3v) is 7.78. The minimum Gasteiger partial charge on any atom is -0.495 e. The third kappa shape index (κ3) is 3.41. The molecule has 2 aromatic heterocycles. The largest absolute Gasteiger partial charge is 0.495 e. The van der Waals surface area contributed by atoms with E-state index in [1.54, 1.807) is 20.4 Å². The summed E-state index contributed by atoms with van der Waals surface area (Å²) < 4.78 is 19.4. The average molecular weight is 447 g/mol. The van der Waals surface area contributed by atoms with E-state index in [4.69, 9.17) is 19.9 Å². The highest BCUT2D eigenvalue weighted by Crippen LogP contribution is 2.55. The summed E-state index contributed by atoms with van der Waals surface area (Å²) in [4.78, 5) is 4.52. The molecule has 2 aliphatic rings. The normalized spacial score (nSPS) is 21.4. The van der Waals surface area contributed by atoms with E-state index in [0.29, 0.717) is 29.5 Å². The van der Waals surface area contributed by atoms with Gasteiger partial charge in [0.25, 0.3) is 0 Å². The van der Waals surface area contributed by atoms with Crippen LogP contribution in [0.5, 0.6) is 17.4 Å². The van der Waals surface area contributed by atoms with Crippen LogP contribution in [0.15, 0.2) is 36.5 Å². The minimum absolute atomic E-state index is 0.163. The topological polar surface area (TPSA) is 94.8 Å². The van der Waals surface area contributed by atoms with Gasteiger partial charge in [0.1, 0.15) is 35.4 Å². The lowest BCUT2D eigenvalue weighted by molar-refractivity contribution is 0.0989. The second-order valence-electron chi connectivity index (χ2n) is 9.35. The number of methoxy groups -OCH3 is 2. The summed E-state index contributed by atoms with van der Waals surface area (Å²) in [6.45, 7) is 0.394. The van der Waals surface area contributed by atoms with E-state index >= 15 is 0 Å². The molecule has 3 aromatic rings. The van der Waals surface area contributed by atoms with Gasteiger partial charge in [-0.15, -0.1) is 0 Å². The molecule has 172 valence electrons. The van der Waals surface area contributed by atoms with Gasteiger partial charge in [-0.1, -0.05) is 25.3 Å². The molecule has 7 heteroatoms. The highest BCUT2D eigenvalue weighted by molar-refractivity contribution is 5.71. The van der Waals surface area contributed by atoms with Crippen LogP contribution in [0.25, 0.3) is 16.9 Å². The zero-order valence-corrected chi connectivity index (χ0v) is 19.3. The summed E-state index contributed by atoms with van der Waals surface area (Å²) in [7, 11) is 3.20. The molecule has 0 saturated heterocycles. The first kappa shape index (κ1) is 21.6. The number of imidazole rings is 1. The average Bonchev–Trinajstić information content (AvgIpc) is 3.57. The molecule has 5 rings (SSSR count). The van der Waals surface area contributed by atoms with E-state index in [0.717, 1.165) is 29.7 Å². The molecule has 1 atom stereocenters. The Bertz CT molecular complexity index is 1220. The number of benzene rings is 1. The number of ether oxygens (including phenoxy) is 3. The molecule has 2 heterocycles. The van der Waals surface area contributed by atoms with Crippen molar-refractivity contribution in [2.75, 3.05) is 20.8 Å². The summed E-state index contributed by atoms with van der Waals surface area (Å²) in [6.07, 6.45) is 9.86. The maximum absolute atomic E-state index is 9.89. The Kier molecular flexibility index (Phi) is 5.41. The Hall–Kier alpha value is -3.24. The van der Waals surface area contributed by atoms with E-state index in [9.17, 15) is 5.26 Å². The highest BCUT2D eigenvalue weighted by atomic mass is 16.5. The molecule has 1 spiro atoms. The molecule has 0 aliphatic heterocycles. The van der Waals surface area contributed by atoms with E-state index < -0.39 is 0 Å². The van der Waals surface area contributed by atoms with Gasteiger partial charge in [0.05, 0.1) is 31.6 Å². The zero-order chi connectivity index (χ0) is 23.1. The van der Waals surface area contributed by atoms with Crippen LogP contribution >= 0.6 is 0 Å². The summed E-state index contributed by atoms with van der Waals surface area (Å²) in [6, 6.07) is 11.7. The fourth-order valence-corrected chi connectivity index (χ4v) is 5.98. The fraction of sp³-hybridized carbons (Fsp3) is 0.462. The molecule has 33 heavy (non-hydrogen) atoms. The van der Waals surface area contributed by atoms with Gasteiger partial charge in [0, 0.05) is 5.56 Å². The van der Waals surface area contributed by atoms with Crippen molar-refractivity contribution in [2.24, 2.45) is 11.1 Å². The molecule has 1 aromatic carbocycles. The SMILES string of the molecule is COc1cc(-c2cnc3cccc(OC)n23)cc(OC[C@]2(N)CCCC23CCCC3)c1C#N. The first-order valence-corrected chi connectivity index (χ1v) is 11.6. The van der Waals surface area contributed by atoms with Gasteiger partial charge in [-0.25, -0.2) is 4.98 Å². The fourth-order valence-electron chi connectivity index (χ4n) is 5.98. The molecule has 2 saturated carbocycles. The lowest BCUT2D eigenvalue weighted by Gasteiger charge is -2.40. The highest BCUT2D eigenvalue weighted by Gasteiger charge is 2.53. The number of nitriles is 1. The predicted octanol–water partition coefficient (Wildman–Crippen LogP) is 4.71. The first-order valence-electron chi connectivity index (χ1n) is 11.6. The van der Waals surface area contributed by atoms with Crippen molar-refractivity contribution in [1.82, 2.24) is 9.38 Å². The van der Waals surface area contributed by atoms with Crippen LogP contribution in [0.1, 0.15) is 50.5 Å². The van der Waals surface area contributed by atoms with E-state index in [1.165, 1.54) is 32.1 Å². The van der Waals surface area contributed by atoms with Crippen molar-refractivity contribution in [3.63, 3.8) is 0 Å². The third-order valence-electron chi connectivity index (χ3n) is 7.78. The van der Waals surface area contributed by atoms with E-state index in [1.807, 2.05) is 34.7 Å². The van der Waals surface area contributed by atoms with Crippen LogP contribution in [0.4, 0.5) is 0 Å². The molecule has 0 radical (unpaired) electrons. The van der Waals surface area contributed by atoms with E-state index in [2.05, 4.69) is 11.1 Å². The lowest BCUT2D eigenvalue weighted by atomic mass is 9.71. The maximum atomic E-state index is 9.89. The minimum atomic E-state index is -0.369. The van der Waals surface area contributed by atoms with Gasteiger partial charge in [-0.05, 0) is 55.4 Å². The zero-order valence-electron chi connectivity index (χ0n) is 19.3. The van der Waals surface area contributed by atoms with Crippen LogP contribution in [-0.4, -0.2) is 35.8 Å². The van der Waals surface area contributed by atoms with Crippen molar-refractivity contribution in [3.05, 3.63) is 42.1 Å². The Morgan fingerprint density at radius 3 is 2.55 bits per heavy atom.